The summed E-state index contributed by atoms with van der Waals surface area (Å²) >= 11 is 2.88. The molecule has 1 aliphatic heterocycles. The van der Waals surface area contributed by atoms with Gasteiger partial charge in [0.05, 0.1) is 23.6 Å². The smallest absolute Gasteiger partial charge is 0.244 e. The van der Waals surface area contributed by atoms with Crippen LogP contribution in [0, 0.1) is 0 Å². The van der Waals surface area contributed by atoms with Gasteiger partial charge >= 0.3 is 0 Å². The monoisotopic (exact) mass is 366 g/mol. The lowest BCUT2D eigenvalue weighted by atomic mass is 10.2. The highest BCUT2D eigenvalue weighted by Gasteiger charge is 2.31. The van der Waals surface area contributed by atoms with E-state index >= 15 is 0 Å². The van der Waals surface area contributed by atoms with Gasteiger partial charge in [-0.1, -0.05) is 60.3 Å². The Bertz CT molecular complexity index is 937. The van der Waals surface area contributed by atoms with Crippen LogP contribution >= 0.6 is 23.1 Å². The van der Waals surface area contributed by atoms with Crippen LogP contribution in [0.25, 0.3) is 11.3 Å². The van der Waals surface area contributed by atoms with Crippen molar-refractivity contribution in [3.63, 3.8) is 0 Å². The van der Waals surface area contributed by atoms with Crippen molar-refractivity contribution in [1.82, 2.24) is 4.98 Å². The molecule has 1 aliphatic rings. The van der Waals surface area contributed by atoms with Crippen molar-refractivity contribution in [1.29, 1.82) is 0 Å². The summed E-state index contributed by atoms with van der Waals surface area (Å²) in [4.78, 5) is 30.6. The van der Waals surface area contributed by atoms with Gasteiger partial charge in [-0.3, -0.25) is 9.59 Å². The first kappa shape index (κ1) is 16.1. The zero-order chi connectivity index (χ0) is 17.2. The second-order valence-corrected chi connectivity index (χ2v) is 7.66. The molecular weight excluding hydrogens is 352 g/mol. The molecule has 0 atom stereocenters. The van der Waals surface area contributed by atoms with Crippen LogP contribution in [0.5, 0.6) is 0 Å². The average Bonchev–Trinajstić information content (AvgIpc) is 3.24. The fourth-order valence-corrected chi connectivity index (χ4v) is 4.47. The van der Waals surface area contributed by atoms with Crippen LogP contribution in [0.4, 0.5) is 5.69 Å². The van der Waals surface area contributed by atoms with E-state index in [1.165, 1.54) is 28.0 Å². The number of carbonyl (C=O) groups excluding carboxylic acids is 2. The molecule has 3 aromatic rings. The number of hydrogen-bond donors (Lipinski definition) is 0. The molecule has 4 rings (SSSR count). The molecule has 2 heterocycles. The SMILES string of the molecule is O=C(CSc1nc(-c2ccccc2)cs1)N1C(=O)Cc2ccccc21. The molecule has 0 bridgehead atoms. The minimum Gasteiger partial charge on any atom is -0.274 e. The molecule has 0 aliphatic carbocycles. The van der Waals surface area contributed by atoms with Crippen LogP contribution in [-0.2, 0) is 16.0 Å². The number of amides is 2. The molecule has 4 nitrogen and oxygen atoms in total. The van der Waals surface area contributed by atoms with Crippen molar-refractivity contribution in [2.24, 2.45) is 0 Å². The highest BCUT2D eigenvalue weighted by molar-refractivity contribution is 8.01. The van der Waals surface area contributed by atoms with E-state index in [1.807, 2.05) is 60.0 Å². The normalized spacial score (nSPS) is 13.1. The summed E-state index contributed by atoms with van der Waals surface area (Å²) in [7, 11) is 0. The Balaban J connectivity index is 1.45. The van der Waals surface area contributed by atoms with Gasteiger partial charge in [0.2, 0.25) is 11.8 Å². The lowest BCUT2D eigenvalue weighted by Gasteiger charge is -2.14. The number of rotatable bonds is 4. The Kier molecular flexibility index (Phi) is 4.38. The second kappa shape index (κ2) is 6.82. The van der Waals surface area contributed by atoms with Crippen molar-refractivity contribution in [2.75, 3.05) is 10.7 Å². The van der Waals surface area contributed by atoms with Crippen LogP contribution in [0.3, 0.4) is 0 Å². The number of anilines is 1. The number of benzene rings is 2. The number of carbonyl (C=O) groups is 2. The molecule has 0 N–H and O–H groups in total. The Hall–Kier alpha value is -2.44. The first-order valence-electron chi connectivity index (χ1n) is 7.80. The molecular formula is C19H14N2O2S2. The van der Waals surface area contributed by atoms with Gasteiger partial charge in [-0.05, 0) is 11.6 Å². The summed E-state index contributed by atoms with van der Waals surface area (Å²) in [6.45, 7) is 0. The fraction of sp³-hybridized carbons (Fsp3) is 0.105. The summed E-state index contributed by atoms with van der Waals surface area (Å²) in [6.07, 6.45) is 0.294. The third kappa shape index (κ3) is 3.23. The van der Waals surface area contributed by atoms with Gasteiger partial charge in [0.15, 0.2) is 4.34 Å². The molecule has 6 heteroatoms. The van der Waals surface area contributed by atoms with Crippen molar-refractivity contribution in [3.8, 4) is 11.3 Å². The predicted molar refractivity (Wildman–Crippen MR) is 101 cm³/mol. The summed E-state index contributed by atoms with van der Waals surface area (Å²) in [5.74, 6) is -0.158. The van der Waals surface area contributed by atoms with Crippen molar-refractivity contribution in [3.05, 3.63) is 65.5 Å². The van der Waals surface area contributed by atoms with E-state index in [9.17, 15) is 9.59 Å². The zero-order valence-corrected chi connectivity index (χ0v) is 14.8. The van der Waals surface area contributed by atoms with Crippen molar-refractivity contribution in [2.45, 2.75) is 10.8 Å². The molecule has 0 radical (unpaired) electrons. The molecule has 1 aromatic heterocycles. The van der Waals surface area contributed by atoms with Gasteiger partial charge in [-0.25, -0.2) is 9.88 Å². The Morgan fingerprint density at radius 2 is 1.88 bits per heavy atom. The van der Waals surface area contributed by atoms with E-state index in [0.717, 1.165) is 21.2 Å². The molecule has 2 aromatic carbocycles. The van der Waals surface area contributed by atoms with Crippen LogP contribution < -0.4 is 4.90 Å². The maximum atomic E-state index is 12.5. The van der Waals surface area contributed by atoms with Crippen LogP contribution in [0.15, 0.2) is 64.3 Å². The minimum absolute atomic E-state index is 0.157. The van der Waals surface area contributed by atoms with E-state index in [1.54, 1.807) is 0 Å². The third-order valence-corrected chi connectivity index (χ3v) is 5.95. The quantitative estimate of drug-likeness (QED) is 0.655. The van der Waals surface area contributed by atoms with Crippen molar-refractivity contribution >= 4 is 40.6 Å². The summed E-state index contributed by atoms with van der Waals surface area (Å²) in [6, 6.07) is 17.4. The van der Waals surface area contributed by atoms with Gasteiger partial charge in [0.1, 0.15) is 0 Å². The molecule has 0 fully saturated rings. The number of para-hydroxylation sites is 1. The molecule has 124 valence electrons. The third-order valence-electron chi connectivity index (χ3n) is 3.94. The number of fused-ring (bicyclic) bond motifs is 1. The number of thiazole rings is 1. The Morgan fingerprint density at radius 1 is 1.12 bits per heavy atom. The maximum absolute atomic E-state index is 12.5. The second-order valence-electron chi connectivity index (χ2n) is 5.58. The molecule has 0 spiro atoms. The van der Waals surface area contributed by atoms with Gasteiger partial charge in [0.25, 0.3) is 0 Å². The van der Waals surface area contributed by atoms with Crippen LogP contribution in [-0.4, -0.2) is 22.6 Å². The highest BCUT2D eigenvalue weighted by atomic mass is 32.2. The van der Waals surface area contributed by atoms with E-state index in [2.05, 4.69) is 4.98 Å². The molecule has 0 saturated heterocycles. The van der Waals surface area contributed by atoms with Crippen molar-refractivity contribution < 1.29 is 9.59 Å². The predicted octanol–water partition coefficient (Wildman–Crippen LogP) is 4.02. The fourth-order valence-electron chi connectivity index (χ4n) is 2.78. The lowest BCUT2D eigenvalue weighted by molar-refractivity contribution is -0.124. The summed E-state index contributed by atoms with van der Waals surface area (Å²) < 4.78 is 0.826. The van der Waals surface area contributed by atoms with Gasteiger partial charge < -0.3 is 0 Å². The lowest BCUT2D eigenvalue weighted by Crippen LogP contribution is -2.35. The van der Waals surface area contributed by atoms with Crippen LogP contribution in [0.2, 0.25) is 0 Å². The Labute approximate surface area is 153 Å². The molecule has 2 amide bonds. The van der Waals surface area contributed by atoms with E-state index in [0.29, 0.717) is 12.1 Å². The maximum Gasteiger partial charge on any atom is 0.244 e. The molecule has 25 heavy (non-hydrogen) atoms. The van der Waals surface area contributed by atoms with E-state index in [4.69, 9.17) is 0 Å². The van der Waals surface area contributed by atoms with Gasteiger partial charge in [-0.2, -0.15) is 0 Å². The number of aromatic nitrogens is 1. The summed E-state index contributed by atoms with van der Waals surface area (Å²) in [5, 5.41) is 1.98. The Morgan fingerprint density at radius 3 is 2.72 bits per heavy atom. The summed E-state index contributed by atoms with van der Waals surface area (Å²) in [5.41, 5.74) is 3.58. The van der Waals surface area contributed by atoms with Gasteiger partial charge in [0, 0.05) is 10.9 Å². The zero-order valence-electron chi connectivity index (χ0n) is 13.2. The number of nitrogens with zero attached hydrogens (tertiary/aromatic N) is 2. The number of imide groups is 1. The first-order chi connectivity index (χ1) is 12.2. The van der Waals surface area contributed by atoms with E-state index < -0.39 is 0 Å². The highest BCUT2D eigenvalue weighted by Crippen LogP contribution is 2.31. The largest absolute Gasteiger partial charge is 0.274 e. The topological polar surface area (TPSA) is 50.3 Å². The van der Waals surface area contributed by atoms with Gasteiger partial charge in [-0.15, -0.1) is 11.3 Å². The minimum atomic E-state index is -0.198. The van der Waals surface area contributed by atoms with Crippen LogP contribution in [0.1, 0.15) is 5.56 Å². The number of thioether (sulfide) groups is 1. The number of hydrogen-bond acceptors (Lipinski definition) is 5. The average molecular weight is 366 g/mol. The molecule has 0 unspecified atom stereocenters. The molecule has 0 saturated carbocycles. The standard InChI is InChI=1S/C19H14N2O2S2/c22-17-10-14-8-4-5-9-16(14)21(17)18(23)12-25-19-20-15(11-24-19)13-6-2-1-3-7-13/h1-9,11H,10,12H2. The van der Waals surface area contributed by atoms with E-state index in [-0.39, 0.29) is 17.6 Å². The first-order valence-corrected chi connectivity index (χ1v) is 9.66.